The molecule has 1 aliphatic carbocycles. The van der Waals surface area contributed by atoms with E-state index in [0.717, 1.165) is 6.42 Å². The van der Waals surface area contributed by atoms with Gasteiger partial charge in [-0.3, -0.25) is 9.59 Å². The van der Waals surface area contributed by atoms with Crippen LogP contribution in [0.15, 0.2) is 6.07 Å². The van der Waals surface area contributed by atoms with Crippen molar-refractivity contribution in [2.24, 2.45) is 0 Å². The van der Waals surface area contributed by atoms with Gasteiger partial charge in [0.15, 0.2) is 11.6 Å². The minimum absolute atomic E-state index is 0.0865. The predicted octanol–water partition coefficient (Wildman–Crippen LogP) is 2.04. The molecule has 2 rings (SSSR count). The van der Waals surface area contributed by atoms with E-state index in [1.807, 2.05) is 6.92 Å². The summed E-state index contributed by atoms with van der Waals surface area (Å²) in [5, 5.41) is 19.7. The number of aromatic hydroxyl groups is 1. The highest BCUT2D eigenvalue weighted by Gasteiger charge is 2.29. The molecule has 0 aromatic heterocycles. The number of carbonyl (C=O) groups excluding carboxylic acids is 2. The van der Waals surface area contributed by atoms with E-state index in [1.165, 1.54) is 13.0 Å². The van der Waals surface area contributed by atoms with Crippen LogP contribution in [0.5, 0.6) is 5.75 Å². The van der Waals surface area contributed by atoms with Gasteiger partial charge in [-0.1, -0.05) is 13.3 Å². The average molecular weight is 262 g/mol. The van der Waals surface area contributed by atoms with Crippen LogP contribution in [0.4, 0.5) is 0 Å². The first-order valence-corrected chi connectivity index (χ1v) is 6.55. The second-order valence-corrected chi connectivity index (χ2v) is 5.07. The summed E-state index contributed by atoms with van der Waals surface area (Å²) < 4.78 is 0. The van der Waals surface area contributed by atoms with Gasteiger partial charge in [0.05, 0.1) is 11.7 Å². The molecule has 0 saturated carbocycles. The summed E-state index contributed by atoms with van der Waals surface area (Å²) in [6, 6.07) is 1.45. The third-order valence-electron chi connectivity index (χ3n) is 3.50. The highest BCUT2D eigenvalue weighted by Crippen LogP contribution is 2.34. The van der Waals surface area contributed by atoms with Gasteiger partial charge in [-0.25, -0.2) is 0 Å². The molecule has 0 radical (unpaired) electrons. The average Bonchev–Trinajstić information content (AvgIpc) is 2.26. The molecular weight excluding hydrogens is 244 g/mol. The van der Waals surface area contributed by atoms with Crippen molar-refractivity contribution in [1.29, 1.82) is 0 Å². The summed E-state index contributed by atoms with van der Waals surface area (Å²) in [7, 11) is 0. The SMILES string of the molecule is CCCc1c(C(C)=O)c(O)cc2c1C(=O)C[C@H](O)C2. The summed E-state index contributed by atoms with van der Waals surface area (Å²) in [5.41, 5.74) is 2.08. The molecule has 0 unspecified atom stereocenters. The van der Waals surface area contributed by atoms with E-state index in [1.54, 1.807) is 0 Å². The minimum Gasteiger partial charge on any atom is -0.507 e. The van der Waals surface area contributed by atoms with Crippen LogP contribution in [-0.2, 0) is 12.8 Å². The summed E-state index contributed by atoms with van der Waals surface area (Å²) in [6.07, 6.45) is 1.10. The van der Waals surface area contributed by atoms with Gasteiger partial charge in [0, 0.05) is 12.0 Å². The number of phenols is 1. The highest BCUT2D eigenvalue weighted by molar-refractivity contribution is 6.06. The molecule has 0 bridgehead atoms. The number of fused-ring (bicyclic) bond motifs is 1. The van der Waals surface area contributed by atoms with E-state index in [0.29, 0.717) is 29.5 Å². The Labute approximate surface area is 112 Å². The van der Waals surface area contributed by atoms with Crippen LogP contribution in [0.1, 0.15) is 58.5 Å². The second kappa shape index (κ2) is 5.13. The molecule has 4 heteroatoms. The number of carbonyl (C=O) groups is 2. The monoisotopic (exact) mass is 262 g/mol. The highest BCUT2D eigenvalue weighted by atomic mass is 16.3. The van der Waals surface area contributed by atoms with Gasteiger partial charge in [0.25, 0.3) is 0 Å². The van der Waals surface area contributed by atoms with Crippen molar-refractivity contribution in [3.8, 4) is 5.75 Å². The van der Waals surface area contributed by atoms with Gasteiger partial charge < -0.3 is 10.2 Å². The number of aliphatic hydroxyl groups is 1. The molecule has 2 N–H and O–H groups in total. The fourth-order valence-corrected chi connectivity index (χ4v) is 2.83. The maximum atomic E-state index is 12.1. The Morgan fingerprint density at radius 2 is 2.11 bits per heavy atom. The quantitative estimate of drug-likeness (QED) is 0.817. The Morgan fingerprint density at radius 3 is 2.68 bits per heavy atom. The van der Waals surface area contributed by atoms with Gasteiger partial charge >= 0.3 is 0 Å². The lowest BCUT2D eigenvalue weighted by molar-refractivity contribution is 0.0852. The molecule has 0 amide bonds. The van der Waals surface area contributed by atoms with Crippen LogP contribution in [0.25, 0.3) is 0 Å². The summed E-state index contributed by atoms with van der Waals surface area (Å²) in [5.74, 6) is -0.459. The molecule has 0 fully saturated rings. The second-order valence-electron chi connectivity index (χ2n) is 5.07. The number of Topliss-reactive ketones (excluding diaryl/α,β-unsaturated/α-hetero) is 2. The van der Waals surface area contributed by atoms with Crippen molar-refractivity contribution in [2.45, 2.75) is 45.6 Å². The van der Waals surface area contributed by atoms with Gasteiger partial charge in [-0.05, 0) is 37.0 Å². The Hall–Kier alpha value is -1.68. The van der Waals surface area contributed by atoms with Crippen molar-refractivity contribution in [3.63, 3.8) is 0 Å². The van der Waals surface area contributed by atoms with Crippen LogP contribution in [0.2, 0.25) is 0 Å². The van der Waals surface area contributed by atoms with Crippen molar-refractivity contribution in [1.82, 2.24) is 0 Å². The van der Waals surface area contributed by atoms with Gasteiger partial charge in [-0.15, -0.1) is 0 Å². The van der Waals surface area contributed by atoms with Gasteiger partial charge in [0.2, 0.25) is 0 Å². The predicted molar refractivity (Wildman–Crippen MR) is 70.8 cm³/mol. The van der Waals surface area contributed by atoms with Crippen molar-refractivity contribution in [3.05, 3.63) is 28.3 Å². The maximum absolute atomic E-state index is 12.1. The van der Waals surface area contributed by atoms with E-state index < -0.39 is 6.10 Å². The third-order valence-corrected chi connectivity index (χ3v) is 3.50. The van der Waals surface area contributed by atoms with E-state index in [2.05, 4.69) is 0 Å². The smallest absolute Gasteiger partial charge is 0.166 e. The largest absolute Gasteiger partial charge is 0.507 e. The Balaban J connectivity index is 2.71. The number of aliphatic hydroxyl groups excluding tert-OH is 1. The van der Waals surface area contributed by atoms with E-state index in [4.69, 9.17) is 0 Å². The molecule has 0 heterocycles. The Bertz CT molecular complexity index is 546. The fraction of sp³-hybridized carbons (Fsp3) is 0.467. The molecule has 0 saturated heterocycles. The topological polar surface area (TPSA) is 74.6 Å². The van der Waals surface area contributed by atoms with Crippen LogP contribution >= 0.6 is 0 Å². The molecule has 1 aromatic carbocycles. The number of benzene rings is 1. The zero-order chi connectivity index (χ0) is 14.2. The first-order chi connectivity index (χ1) is 8.95. The molecule has 102 valence electrons. The zero-order valence-corrected chi connectivity index (χ0v) is 11.2. The lowest BCUT2D eigenvalue weighted by Gasteiger charge is -2.24. The summed E-state index contributed by atoms with van der Waals surface area (Å²) in [4.78, 5) is 23.8. The Kier molecular flexibility index (Phi) is 3.71. The minimum atomic E-state index is -0.697. The standard InChI is InChI=1S/C15H18O4/c1-3-4-11-14(8(2)16)12(18)6-9-5-10(17)7-13(19)15(9)11/h6,10,17-18H,3-5,7H2,1-2H3/t10-/m1/s1. The number of hydrogen-bond donors (Lipinski definition) is 2. The molecule has 0 spiro atoms. The summed E-state index contributed by atoms with van der Waals surface area (Å²) in [6.45, 7) is 3.35. The normalized spacial score (nSPS) is 18.3. The van der Waals surface area contributed by atoms with Gasteiger partial charge in [-0.2, -0.15) is 0 Å². The van der Waals surface area contributed by atoms with E-state index in [-0.39, 0.29) is 29.3 Å². The lowest BCUT2D eigenvalue weighted by atomic mass is 9.81. The number of hydrogen-bond acceptors (Lipinski definition) is 4. The fourth-order valence-electron chi connectivity index (χ4n) is 2.83. The zero-order valence-electron chi connectivity index (χ0n) is 11.2. The van der Waals surface area contributed by atoms with Crippen molar-refractivity contribution < 1.29 is 19.8 Å². The number of ketones is 2. The van der Waals surface area contributed by atoms with Gasteiger partial charge in [0.1, 0.15) is 5.75 Å². The number of rotatable bonds is 3. The maximum Gasteiger partial charge on any atom is 0.166 e. The first-order valence-electron chi connectivity index (χ1n) is 6.55. The van der Waals surface area contributed by atoms with E-state index in [9.17, 15) is 19.8 Å². The molecule has 1 atom stereocenters. The third kappa shape index (κ3) is 2.40. The molecule has 1 aliphatic rings. The van der Waals surface area contributed by atoms with Crippen LogP contribution in [-0.4, -0.2) is 27.9 Å². The first kappa shape index (κ1) is 13.7. The molecule has 19 heavy (non-hydrogen) atoms. The van der Waals surface area contributed by atoms with E-state index >= 15 is 0 Å². The summed E-state index contributed by atoms with van der Waals surface area (Å²) >= 11 is 0. The lowest BCUT2D eigenvalue weighted by Crippen LogP contribution is -2.26. The van der Waals surface area contributed by atoms with Crippen LogP contribution in [0.3, 0.4) is 0 Å². The molecular formula is C15H18O4. The van der Waals surface area contributed by atoms with Crippen molar-refractivity contribution in [2.75, 3.05) is 0 Å². The molecule has 1 aromatic rings. The van der Waals surface area contributed by atoms with Crippen LogP contribution < -0.4 is 0 Å². The molecule has 0 aliphatic heterocycles. The molecule has 4 nitrogen and oxygen atoms in total. The van der Waals surface area contributed by atoms with Crippen LogP contribution in [0, 0.1) is 0 Å². The number of phenolic OH excluding ortho intramolecular Hbond substituents is 1. The van der Waals surface area contributed by atoms with Crippen molar-refractivity contribution >= 4 is 11.6 Å². The Morgan fingerprint density at radius 1 is 1.42 bits per heavy atom.